The molecule has 1 fully saturated rings. The van der Waals surface area contributed by atoms with Crippen LogP contribution < -0.4 is 10.2 Å². The summed E-state index contributed by atoms with van der Waals surface area (Å²) in [5.41, 5.74) is 5.18. The smallest absolute Gasteiger partial charge is 0.280 e. The van der Waals surface area contributed by atoms with Crippen LogP contribution in [0.2, 0.25) is 0 Å². The molecule has 3 aromatic rings. The van der Waals surface area contributed by atoms with E-state index in [0.717, 1.165) is 35.6 Å². The normalized spacial score (nSPS) is 14.7. The van der Waals surface area contributed by atoms with Crippen molar-refractivity contribution in [1.82, 2.24) is 9.78 Å². The SMILES string of the molecule is Cc1ccc(C)c(-c2cc(NC(=O)C[NH+]3CCOCC3)n(-c3ccccc3)n2)c1. The van der Waals surface area contributed by atoms with Crippen LogP contribution in [-0.4, -0.2) is 48.5 Å². The number of anilines is 1. The number of hydrogen-bond acceptors (Lipinski definition) is 3. The molecule has 0 radical (unpaired) electrons. The van der Waals surface area contributed by atoms with Gasteiger partial charge < -0.3 is 15.0 Å². The molecule has 4 rings (SSSR count). The van der Waals surface area contributed by atoms with Gasteiger partial charge in [0.25, 0.3) is 5.91 Å². The van der Waals surface area contributed by atoms with Crippen molar-refractivity contribution in [3.05, 3.63) is 65.7 Å². The number of nitrogens with one attached hydrogen (secondary N) is 2. The first-order valence-electron chi connectivity index (χ1n) is 10.0. The van der Waals surface area contributed by atoms with Crippen LogP contribution in [0.4, 0.5) is 5.82 Å². The third-order valence-corrected chi connectivity index (χ3v) is 5.26. The zero-order valence-electron chi connectivity index (χ0n) is 16.9. The van der Waals surface area contributed by atoms with Crippen molar-refractivity contribution in [2.45, 2.75) is 13.8 Å². The number of para-hydroxylation sites is 1. The predicted octanol–water partition coefficient (Wildman–Crippen LogP) is 2.01. The van der Waals surface area contributed by atoms with Gasteiger partial charge in [0.1, 0.15) is 18.9 Å². The molecule has 1 aliphatic heterocycles. The number of ether oxygens (including phenoxy) is 1. The Morgan fingerprint density at radius 1 is 1.10 bits per heavy atom. The molecule has 2 N–H and O–H groups in total. The Morgan fingerprint density at radius 3 is 2.62 bits per heavy atom. The molecule has 0 unspecified atom stereocenters. The number of morpholine rings is 1. The summed E-state index contributed by atoms with van der Waals surface area (Å²) in [5.74, 6) is 0.677. The highest BCUT2D eigenvalue weighted by atomic mass is 16.5. The third kappa shape index (κ3) is 4.55. The molecular weight excluding hydrogens is 364 g/mol. The number of amides is 1. The van der Waals surface area contributed by atoms with Crippen molar-refractivity contribution in [3.63, 3.8) is 0 Å². The van der Waals surface area contributed by atoms with E-state index in [1.165, 1.54) is 10.5 Å². The van der Waals surface area contributed by atoms with Crippen molar-refractivity contribution >= 4 is 11.7 Å². The summed E-state index contributed by atoms with van der Waals surface area (Å²) in [5, 5.41) is 7.91. The molecule has 6 nitrogen and oxygen atoms in total. The Bertz CT molecular complexity index is 991. The first kappa shape index (κ1) is 19.4. The molecule has 0 saturated carbocycles. The third-order valence-electron chi connectivity index (χ3n) is 5.26. The fourth-order valence-electron chi connectivity index (χ4n) is 3.63. The van der Waals surface area contributed by atoms with Crippen LogP contribution in [0.5, 0.6) is 0 Å². The van der Waals surface area contributed by atoms with Crippen LogP contribution in [0, 0.1) is 13.8 Å². The molecular formula is C23H27N4O2+. The van der Waals surface area contributed by atoms with E-state index in [9.17, 15) is 4.79 Å². The Labute approximate surface area is 171 Å². The Hall–Kier alpha value is -2.96. The molecule has 0 atom stereocenters. The van der Waals surface area contributed by atoms with E-state index >= 15 is 0 Å². The highest BCUT2D eigenvalue weighted by Gasteiger charge is 2.20. The average Bonchev–Trinajstić information content (AvgIpc) is 3.14. The Morgan fingerprint density at radius 2 is 1.86 bits per heavy atom. The molecule has 0 bridgehead atoms. The van der Waals surface area contributed by atoms with E-state index in [0.29, 0.717) is 25.6 Å². The van der Waals surface area contributed by atoms with Gasteiger partial charge in [-0.05, 0) is 37.6 Å². The summed E-state index contributed by atoms with van der Waals surface area (Å²) >= 11 is 0. The van der Waals surface area contributed by atoms with Gasteiger partial charge in [-0.1, -0.05) is 35.9 Å². The molecule has 2 aromatic carbocycles. The zero-order chi connectivity index (χ0) is 20.2. The van der Waals surface area contributed by atoms with Gasteiger partial charge in [-0.3, -0.25) is 4.79 Å². The highest BCUT2D eigenvalue weighted by Crippen LogP contribution is 2.28. The van der Waals surface area contributed by atoms with Gasteiger partial charge in [0.05, 0.1) is 24.6 Å². The lowest BCUT2D eigenvalue weighted by molar-refractivity contribution is -0.899. The zero-order valence-corrected chi connectivity index (χ0v) is 16.9. The maximum Gasteiger partial charge on any atom is 0.280 e. The lowest BCUT2D eigenvalue weighted by Crippen LogP contribution is -3.15. The molecule has 1 saturated heterocycles. The molecule has 29 heavy (non-hydrogen) atoms. The van der Waals surface area contributed by atoms with Crippen molar-refractivity contribution in [3.8, 4) is 16.9 Å². The lowest BCUT2D eigenvalue weighted by atomic mass is 10.0. The number of benzene rings is 2. The second-order valence-electron chi connectivity index (χ2n) is 7.57. The van der Waals surface area contributed by atoms with Crippen molar-refractivity contribution in [2.75, 3.05) is 38.2 Å². The average molecular weight is 391 g/mol. The van der Waals surface area contributed by atoms with Gasteiger partial charge in [-0.2, -0.15) is 5.10 Å². The number of hydrogen-bond donors (Lipinski definition) is 2. The topological polar surface area (TPSA) is 60.6 Å². The molecule has 0 aliphatic carbocycles. The number of rotatable bonds is 5. The van der Waals surface area contributed by atoms with Gasteiger partial charge in [-0.25, -0.2) is 4.68 Å². The molecule has 0 spiro atoms. The molecule has 1 aromatic heterocycles. The van der Waals surface area contributed by atoms with Crippen LogP contribution >= 0.6 is 0 Å². The van der Waals surface area contributed by atoms with Crippen LogP contribution in [-0.2, 0) is 9.53 Å². The van der Waals surface area contributed by atoms with E-state index in [-0.39, 0.29) is 5.91 Å². The maximum absolute atomic E-state index is 12.7. The van der Waals surface area contributed by atoms with Gasteiger partial charge in [0.2, 0.25) is 0 Å². The summed E-state index contributed by atoms with van der Waals surface area (Å²) in [7, 11) is 0. The standard InChI is InChI=1S/C23H26N4O2/c1-17-8-9-18(2)20(14-17)21-15-22(27(25-21)19-6-4-3-5-7-19)24-23(28)16-26-10-12-29-13-11-26/h3-9,14-15H,10-13,16H2,1-2H3,(H,24,28)/p+1. The molecule has 6 heteroatoms. The monoisotopic (exact) mass is 391 g/mol. The molecule has 150 valence electrons. The van der Waals surface area contributed by atoms with E-state index < -0.39 is 0 Å². The van der Waals surface area contributed by atoms with E-state index in [1.807, 2.05) is 41.1 Å². The first-order valence-corrected chi connectivity index (χ1v) is 10.0. The minimum Gasteiger partial charge on any atom is -0.370 e. The second-order valence-corrected chi connectivity index (χ2v) is 7.57. The minimum absolute atomic E-state index is 0.00787. The maximum atomic E-state index is 12.7. The summed E-state index contributed by atoms with van der Waals surface area (Å²) in [4.78, 5) is 14.0. The lowest BCUT2D eigenvalue weighted by Gasteiger charge is -2.23. The summed E-state index contributed by atoms with van der Waals surface area (Å²) < 4.78 is 7.19. The number of carbonyl (C=O) groups excluding carboxylic acids is 1. The fourth-order valence-corrected chi connectivity index (χ4v) is 3.63. The number of aromatic nitrogens is 2. The number of carbonyl (C=O) groups is 1. The number of quaternary nitrogens is 1. The van der Waals surface area contributed by atoms with E-state index in [4.69, 9.17) is 9.84 Å². The van der Waals surface area contributed by atoms with Gasteiger partial charge in [0.15, 0.2) is 6.54 Å². The van der Waals surface area contributed by atoms with Gasteiger partial charge in [0, 0.05) is 11.6 Å². The van der Waals surface area contributed by atoms with Crippen molar-refractivity contribution < 1.29 is 14.4 Å². The predicted molar refractivity (Wildman–Crippen MR) is 113 cm³/mol. The molecule has 2 heterocycles. The quantitative estimate of drug-likeness (QED) is 0.700. The summed E-state index contributed by atoms with van der Waals surface area (Å²) in [6, 6.07) is 18.2. The first-order chi connectivity index (χ1) is 14.1. The number of nitrogens with zero attached hydrogens (tertiary/aromatic N) is 2. The summed E-state index contributed by atoms with van der Waals surface area (Å²) in [6.45, 7) is 7.73. The fraction of sp³-hybridized carbons (Fsp3) is 0.304. The minimum atomic E-state index is -0.00787. The summed E-state index contributed by atoms with van der Waals surface area (Å²) in [6.07, 6.45) is 0. The highest BCUT2D eigenvalue weighted by molar-refractivity contribution is 5.91. The van der Waals surface area contributed by atoms with Crippen LogP contribution in [0.25, 0.3) is 16.9 Å². The molecule has 1 aliphatic rings. The Balaban J connectivity index is 1.65. The second kappa shape index (κ2) is 8.59. The van der Waals surface area contributed by atoms with Crippen molar-refractivity contribution in [1.29, 1.82) is 0 Å². The van der Waals surface area contributed by atoms with Gasteiger partial charge >= 0.3 is 0 Å². The van der Waals surface area contributed by atoms with Gasteiger partial charge in [-0.15, -0.1) is 0 Å². The van der Waals surface area contributed by atoms with E-state index in [1.54, 1.807) is 0 Å². The van der Waals surface area contributed by atoms with Crippen LogP contribution in [0.15, 0.2) is 54.6 Å². The van der Waals surface area contributed by atoms with E-state index in [2.05, 4.69) is 37.4 Å². The van der Waals surface area contributed by atoms with Crippen LogP contribution in [0.1, 0.15) is 11.1 Å². The molecule has 1 amide bonds. The van der Waals surface area contributed by atoms with Crippen LogP contribution in [0.3, 0.4) is 0 Å². The Kier molecular flexibility index (Phi) is 5.74. The van der Waals surface area contributed by atoms with Crippen molar-refractivity contribution in [2.24, 2.45) is 0 Å². The number of aryl methyl sites for hydroxylation is 2. The largest absolute Gasteiger partial charge is 0.370 e.